The number of likely N-dealkylation sites (tertiary alicyclic amines) is 1. The number of halogens is 4. The number of hydrogen-bond acceptors (Lipinski definition) is 1. The Bertz CT molecular complexity index is 443. The summed E-state index contributed by atoms with van der Waals surface area (Å²) >= 11 is 5.54. The number of hydrogen-bond donors (Lipinski definition) is 0. The topological polar surface area (TPSA) is 20.3 Å². The molecule has 1 aromatic carbocycles. The minimum Gasteiger partial charge on any atom is -0.328 e. The molecular formula is C11H9ClF3NO. The summed E-state index contributed by atoms with van der Waals surface area (Å²) in [5.41, 5.74) is 0.280. The lowest BCUT2D eigenvalue weighted by molar-refractivity contribution is -0.126. The summed E-state index contributed by atoms with van der Waals surface area (Å²) in [5.74, 6) is -4.48. The standard InChI is InChI=1S/C11H9ClF3NO/c12-5-16-4-7(3-10(16)17)6-1-8(13)11(15)9(14)2-6/h1-2,7H,3-5H2/t7-/m0/s1. The lowest BCUT2D eigenvalue weighted by Gasteiger charge is -2.13. The largest absolute Gasteiger partial charge is 0.328 e. The van der Waals surface area contributed by atoms with Gasteiger partial charge in [-0.05, 0) is 17.7 Å². The quantitative estimate of drug-likeness (QED) is 0.456. The van der Waals surface area contributed by atoms with Crippen LogP contribution in [-0.2, 0) is 4.79 Å². The zero-order valence-corrected chi connectivity index (χ0v) is 9.48. The van der Waals surface area contributed by atoms with Gasteiger partial charge in [-0.15, -0.1) is 11.6 Å². The maximum absolute atomic E-state index is 13.0. The lowest BCUT2D eigenvalue weighted by atomic mass is 9.98. The van der Waals surface area contributed by atoms with E-state index < -0.39 is 17.5 Å². The van der Waals surface area contributed by atoms with Crippen LogP contribution < -0.4 is 0 Å². The molecule has 1 atom stereocenters. The first-order valence-corrected chi connectivity index (χ1v) is 5.54. The van der Waals surface area contributed by atoms with E-state index in [-0.39, 0.29) is 29.8 Å². The number of rotatable bonds is 2. The van der Waals surface area contributed by atoms with E-state index in [9.17, 15) is 18.0 Å². The van der Waals surface area contributed by atoms with Gasteiger partial charge in [-0.25, -0.2) is 13.2 Å². The molecule has 17 heavy (non-hydrogen) atoms. The van der Waals surface area contributed by atoms with Crippen LogP contribution in [0.15, 0.2) is 12.1 Å². The Hall–Kier alpha value is -1.23. The molecule has 0 aromatic heterocycles. The molecule has 1 aliphatic rings. The molecule has 2 nitrogen and oxygen atoms in total. The van der Waals surface area contributed by atoms with Gasteiger partial charge in [-0.1, -0.05) is 0 Å². The fourth-order valence-corrected chi connectivity index (χ4v) is 2.15. The third-order valence-corrected chi connectivity index (χ3v) is 3.12. The van der Waals surface area contributed by atoms with Crippen LogP contribution in [-0.4, -0.2) is 23.4 Å². The number of nitrogens with zero attached hydrogens (tertiary/aromatic N) is 1. The Labute approximate surface area is 101 Å². The van der Waals surface area contributed by atoms with Crippen molar-refractivity contribution in [1.29, 1.82) is 0 Å². The molecule has 0 saturated carbocycles. The fourth-order valence-electron chi connectivity index (χ4n) is 1.92. The second kappa shape index (κ2) is 4.56. The van der Waals surface area contributed by atoms with E-state index in [2.05, 4.69) is 0 Å². The first-order chi connectivity index (χ1) is 8.02. The van der Waals surface area contributed by atoms with Crippen molar-refractivity contribution in [3.05, 3.63) is 35.1 Å². The molecule has 0 spiro atoms. The second-order valence-corrected chi connectivity index (χ2v) is 4.17. The van der Waals surface area contributed by atoms with Crippen LogP contribution in [0.5, 0.6) is 0 Å². The summed E-state index contributed by atoms with van der Waals surface area (Å²) < 4.78 is 38.8. The zero-order valence-electron chi connectivity index (χ0n) is 8.72. The molecular weight excluding hydrogens is 255 g/mol. The SMILES string of the molecule is O=C1C[C@H](c2cc(F)c(F)c(F)c2)CN1CCl. The van der Waals surface area contributed by atoms with Gasteiger partial charge in [0.05, 0.1) is 6.00 Å². The molecule has 6 heteroatoms. The van der Waals surface area contributed by atoms with Crippen molar-refractivity contribution in [3.8, 4) is 0 Å². The maximum Gasteiger partial charge on any atom is 0.224 e. The van der Waals surface area contributed by atoms with Crippen LogP contribution in [0.1, 0.15) is 17.9 Å². The van der Waals surface area contributed by atoms with Crippen molar-refractivity contribution < 1.29 is 18.0 Å². The predicted molar refractivity (Wildman–Crippen MR) is 56.1 cm³/mol. The average molecular weight is 264 g/mol. The smallest absolute Gasteiger partial charge is 0.224 e. The highest BCUT2D eigenvalue weighted by molar-refractivity contribution is 6.18. The van der Waals surface area contributed by atoms with Crippen molar-refractivity contribution in [1.82, 2.24) is 4.90 Å². The van der Waals surface area contributed by atoms with Crippen molar-refractivity contribution in [2.75, 3.05) is 12.5 Å². The molecule has 1 heterocycles. The van der Waals surface area contributed by atoms with E-state index in [4.69, 9.17) is 11.6 Å². The molecule has 0 aliphatic carbocycles. The average Bonchev–Trinajstić information content (AvgIpc) is 2.66. The number of carbonyl (C=O) groups is 1. The molecule has 0 radical (unpaired) electrons. The Morgan fingerprint density at radius 1 is 1.29 bits per heavy atom. The zero-order chi connectivity index (χ0) is 12.6. The predicted octanol–water partition coefficient (Wildman–Crippen LogP) is 2.62. The Balaban J connectivity index is 2.28. The van der Waals surface area contributed by atoms with Gasteiger partial charge in [-0.3, -0.25) is 4.79 Å². The van der Waals surface area contributed by atoms with Crippen LogP contribution >= 0.6 is 11.6 Å². The monoisotopic (exact) mass is 263 g/mol. The minimum atomic E-state index is -1.49. The molecule has 92 valence electrons. The normalized spacial score (nSPS) is 20.1. The summed E-state index contributed by atoms with van der Waals surface area (Å²) in [5, 5.41) is 0. The highest BCUT2D eigenvalue weighted by Crippen LogP contribution is 2.30. The van der Waals surface area contributed by atoms with Crippen LogP contribution in [0.2, 0.25) is 0 Å². The number of alkyl halides is 1. The van der Waals surface area contributed by atoms with Gasteiger partial charge in [0.15, 0.2) is 17.5 Å². The highest BCUT2D eigenvalue weighted by Gasteiger charge is 2.31. The van der Waals surface area contributed by atoms with Gasteiger partial charge in [-0.2, -0.15) is 0 Å². The molecule has 1 amide bonds. The van der Waals surface area contributed by atoms with E-state index in [0.717, 1.165) is 12.1 Å². The molecule has 0 N–H and O–H groups in total. The maximum atomic E-state index is 13.0. The minimum absolute atomic E-state index is 0.0431. The Kier molecular flexibility index (Phi) is 3.28. The second-order valence-electron chi connectivity index (χ2n) is 3.94. The summed E-state index contributed by atoms with van der Waals surface area (Å²) in [6, 6.07) is 1.89. The third-order valence-electron chi connectivity index (χ3n) is 2.84. The fraction of sp³-hybridized carbons (Fsp3) is 0.364. The summed E-state index contributed by atoms with van der Waals surface area (Å²) in [6.07, 6.45) is 0.136. The van der Waals surface area contributed by atoms with Crippen LogP contribution in [0, 0.1) is 17.5 Å². The van der Waals surface area contributed by atoms with Crippen LogP contribution in [0.25, 0.3) is 0 Å². The van der Waals surface area contributed by atoms with Crippen LogP contribution in [0.3, 0.4) is 0 Å². The van der Waals surface area contributed by atoms with Gasteiger partial charge < -0.3 is 4.90 Å². The van der Waals surface area contributed by atoms with Gasteiger partial charge in [0.25, 0.3) is 0 Å². The highest BCUT2D eigenvalue weighted by atomic mass is 35.5. The number of carbonyl (C=O) groups excluding carboxylic acids is 1. The van der Waals surface area contributed by atoms with Gasteiger partial charge >= 0.3 is 0 Å². The number of amides is 1. The van der Waals surface area contributed by atoms with Crippen LogP contribution in [0.4, 0.5) is 13.2 Å². The summed E-state index contributed by atoms with van der Waals surface area (Å²) in [6.45, 7) is 0.298. The molecule has 0 unspecified atom stereocenters. The summed E-state index contributed by atoms with van der Waals surface area (Å²) in [7, 11) is 0. The van der Waals surface area contributed by atoms with E-state index in [1.165, 1.54) is 4.90 Å². The Morgan fingerprint density at radius 2 is 1.88 bits per heavy atom. The van der Waals surface area contributed by atoms with Crippen molar-refractivity contribution in [2.24, 2.45) is 0 Å². The van der Waals surface area contributed by atoms with E-state index in [0.29, 0.717) is 6.54 Å². The first kappa shape index (κ1) is 12.2. The molecule has 0 bridgehead atoms. The van der Waals surface area contributed by atoms with E-state index in [1.807, 2.05) is 0 Å². The van der Waals surface area contributed by atoms with Crippen molar-refractivity contribution in [2.45, 2.75) is 12.3 Å². The van der Waals surface area contributed by atoms with Crippen molar-refractivity contribution in [3.63, 3.8) is 0 Å². The third kappa shape index (κ3) is 2.24. The molecule has 1 aromatic rings. The van der Waals surface area contributed by atoms with Gasteiger partial charge in [0, 0.05) is 18.9 Å². The van der Waals surface area contributed by atoms with Gasteiger partial charge in [0.2, 0.25) is 5.91 Å². The molecule has 2 rings (SSSR count). The lowest BCUT2D eigenvalue weighted by Crippen LogP contribution is -2.23. The van der Waals surface area contributed by atoms with E-state index in [1.54, 1.807) is 0 Å². The molecule has 1 saturated heterocycles. The molecule has 1 aliphatic heterocycles. The number of benzene rings is 1. The van der Waals surface area contributed by atoms with Gasteiger partial charge in [0.1, 0.15) is 0 Å². The van der Waals surface area contributed by atoms with E-state index >= 15 is 0 Å². The molecule has 1 fully saturated rings. The summed E-state index contributed by atoms with van der Waals surface area (Å²) in [4.78, 5) is 12.8. The van der Waals surface area contributed by atoms with Crippen molar-refractivity contribution >= 4 is 17.5 Å². The first-order valence-electron chi connectivity index (χ1n) is 5.01. The Morgan fingerprint density at radius 3 is 2.35 bits per heavy atom.